The van der Waals surface area contributed by atoms with E-state index in [2.05, 4.69) is 5.32 Å². The highest BCUT2D eigenvalue weighted by atomic mass is 35.5. The maximum atomic E-state index is 13.3. The lowest BCUT2D eigenvalue weighted by Gasteiger charge is -2.26. The molecule has 3 fully saturated rings. The van der Waals surface area contributed by atoms with Crippen molar-refractivity contribution in [3.8, 4) is 0 Å². The second-order valence-electron chi connectivity index (χ2n) is 9.27. The van der Waals surface area contributed by atoms with Crippen LogP contribution in [-0.4, -0.2) is 41.2 Å². The van der Waals surface area contributed by atoms with E-state index in [1.807, 2.05) is 30.3 Å². The van der Waals surface area contributed by atoms with Crippen LogP contribution in [0.5, 0.6) is 0 Å². The summed E-state index contributed by atoms with van der Waals surface area (Å²) in [4.78, 5) is 53.3. The summed E-state index contributed by atoms with van der Waals surface area (Å²) in [6, 6.07) is 14.8. The first-order valence-corrected chi connectivity index (χ1v) is 11.9. The fourth-order valence-electron chi connectivity index (χ4n) is 5.84. The Morgan fingerprint density at radius 1 is 0.971 bits per heavy atom. The molecular weight excluding hydrogens is 456 g/mol. The van der Waals surface area contributed by atoms with Crippen LogP contribution in [0, 0.1) is 23.7 Å². The molecule has 7 nitrogen and oxygen atoms in total. The molecule has 1 N–H and O–H groups in total. The van der Waals surface area contributed by atoms with Crippen LogP contribution in [0.25, 0.3) is 0 Å². The summed E-state index contributed by atoms with van der Waals surface area (Å²) in [5.74, 6) is -2.12. The zero-order valence-corrected chi connectivity index (χ0v) is 19.2. The van der Waals surface area contributed by atoms with Gasteiger partial charge >= 0.3 is 5.97 Å². The first-order valence-electron chi connectivity index (χ1n) is 11.6. The Kier molecular flexibility index (Phi) is 6.13. The minimum atomic E-state index is -1.11. The monoisotopic (exact) mass is 480 g/mol. The van der Waals surface area contributed by atoms with E-state index >= 15 is 0 Å². The standard InChI is InChI=1S/C26H25ClN2O5/c27-18-8-4-5-9-19(18)28-21(30)14-34-26(33)20(12-15-6-2-1-3-7-15)29-24(31)22-16-10-11-17(13-16)23(22)25(29)32/h1-9,16-17,20,22-23H,10-14H2,(H,28,30)/t16-,17-,20-,22-,23+/m0/s1. The molecule has 1 aliphatic heterocycles. The second kappa shape index (κ2) is 9.22. The van der Waals surface area contributed by atoms with Crippen LogP contribution in [0.4, 0.5) is 5.69 Å². The number of ether oxygens (including phenoxy) is 1. The maximum Gasteiger partial charge on any atom is 0.330 e. The fourth-order valence-corrected chi connectivity index (χ4v) is 6.02. The third-order valence-electron chi connectivity index (χ3n) is 7.31. The predicted octanol–water partition coefficient (Wildman–Crippen LogP) is 3.46. The molecule has 5 atom stereocenters. The number of benzene rings is 2. The van der Waals surface area contributed by atoms with Crippen LogP contribution in [0.3, 0.4) is 0 Å². The molecule has 5 rings (SSSR count). The summed E-state index contributed by atoms with van der Waals surface area (Å²) in [7, 11) is 0. The maximum absolute atomic E-state index is 13.3. The van der Waals surface area contributed by atoms with Crippen molar-refractivity contribution < 1.29 is 23.9 Å². The Hall–Kier alpha value is -3.19. The minimum absolute atomic E-state index is 0.137. The highest BCUT2D eigenvalue weighted by molar-refractivity contribution is 6.33. The normalized spacial score (nSPS) is 25.9. The van der Waals surface area contributed by atoms with Gasteiger partial charge in [0, 0.05) is 6.42 Å². The van der Waals surface area contributed by atoms with E-state index in [1.54, 1.807) is 24.3 Å². The van der Waals surface area contributed by atoms with Gasteiger partial charge in [-0.2, -0.15) is 0 Å². The Morgan fingerprint density at radius 2 is 1.59 bits per heavy atom. The number of hydrogen-bond donors (Lipinski definition) is 1. The van der Waals surface area contributed by atoms with Gasteiger partial charge in [0.1, 0.15) is 6.04 Å². The molecule has 0 radical (unpaired) electrons. The molecule has 2 aromatic carbocycles. The van der Waals surface area contributed by atoms with Crippen molar-refractivity contribution in [3.05, 3.63) is 65.2 Å². The molecule has 2 aromatic rings. The quantitative estimate of drug-likeness (QED) is 0.484. The van der Waals surface area contributed by atoms with Gasteiger partial charge in [0.05, 0.1) is 22.5 Å². The number of likely N-dealkylation sites (tertiary alicyclic amines) is 1. The van der Waals surface area contributed by atoms with Crippen molar-refractivity contribution in [2.45, 2.75) is 31.7 Å². The van der Waals surface area contributed by atoms with Gasteiger partial charge in [-0.3, -0.25) is 19.3 Å². The number of carbonyl (C=O) groups is 4. The van der Waals surface area contributed by atoms with E-state index in [0.717, 1.165) is 29.7 Å². The lowest BCUT2D eigenvalue weighted by molar-refractivity contribution is -0.160. The first kappa shape index (κ1) is 22.6. The number of amides is 3. The molecule has 0 spiro atoms. The lowest BCUT2D eigenvalue weighted by atomic mass is 9.81. The van der Waals surface area contributed by atoms with E-state index in [4.69, 9.17) is 16.3 Å². The molecule has 8 heteroatoms. The summed E-state index contributed by atoms with van der Waals surface area (Å²) in [6.07, 6.45) is 2.96. The van der Waals surface area contributed by atoms with Crippen molar-refractivity contribution in [2.75, 3.05) is 11.9 Å². The Bertz CT molecular complexity index is 1110. The van der Waals surface area contributed by atoms with Gasteiger partial charge in [-0.25, -0.2) is 4.79 Å². The van der Waals surface area contributed by atoms with Gasteiger partial charge in [-0.1, -0.05) is 54.1 Å². The fraction of sp³-hybridized carbons (Fsp3) is 0.385. The summed E-state index contributed by atoms with van der Waals surface area (Å²) >= 11 is 6.06. The molecule has 34 heavy (non-hydrogen) atoms. The van der Waals surface area contributed by atoms with Crippen LogP contribution in [-0.2, 0) is 30.3 Å². The van der Waals surface area contributed by atoms with Gasteiger partial charge in [0.15, 0.2) is 6.61 Å². The van der Waals surface area contributed by atoms with Crippen molar-refractivity contribution in [2.24, 2.45) is 23.7 Å². The summed E-state index contributed by atoms with van der Waals surface area (Å²) < 4.78 is 5.31. The molecule has 2 aliphatic carbocycles. The predicted molar refractivity (Wildman–Crippen MR) is 125 cm³/mol. The van der Waals surface area contributed by atoms with Crippen molar-refractivity contribution >= 4 is 41.0 Å². The number of nitrogens with one attached hydrogen (secondary N) is 1. The molecule has 3 aliphatic rings. The number of para-hydroxylation sites is 1. The number of hydrogen-bond acceptors (Lipinski definition) is 5. The van der Waals surface area contributed by atoms with E-state index in [1.165, 1.54) is 0 Å². The highest BCUT2D eigenvalue weighted by Gasteiger charge is 2.62. The SMILES string of the molecule is O=C(COC(=O)[C@H](Cc1ccccc1)N1C(=O)[C@@H]2[C@H]3CC[C@@H](C3)[C@@H]2C1=O)Nc1ccccc1Cl. The molecule has 1 saturated heterocycles. The number of halogens is 1. The van der Waals surface area contributed by atoms with Crippen molar-refractivity contribution in [1.82, 2.24) is 4.90 Å². The number of anilines is 1. The molecule has 0 aromatic heterocycles. The molecule has 2 bridgehead atoms. The van der Waals surface area contributed by atoms with E-state index in [0.29, 0.717) is 10.7 Å². The third kappa shape index (κ3) is 4.09. The zero-order valence-electron chi connectivity index (χ0n) is 18.5. The summed E-state index contributed by atoms with van der Waals surface area (Å²) in [5.41, 5.74) is 1.20. The van der Waals surface area contributed by atoms with E-state index < -0.39 is 24.5 Å². The smallest absolute Gasteiger partial charge is 0.330 e. The van der Waals surface area contributed by atoms with Crippen molar-refractivity contribution in [1.29, 1.82) is 0 Å². The van der Waals surface area contributed by atoms with E-state index in [-0.39, 0.29) is 41.9 Å². The van der Waals surface area contributed by atoms with Gasteiger partial charge in [-0.05, 0) is 48.8 Å². The first-order chi connectivity index (χ1) is 16.4. The minimum Gasteiger partial charge on any atom is -0.454 e. The van der Waals surface area contributed by atoms with Gasteiger partial charge in [-0.15, -0.1) is 0 Å². The van der Waals surface area contributed by atoms with E-state index in [9.17, 15) is 19.2 Å². The van der Waals surface area contributed by atoms with Crippen LogP contribution >= 0.6 is 11.6 Å². The average molecular weight is 481 g/mol. The second-order valence-corrected chi connectivity index (χ2v) is 9.68. The van der Waals surface area contributed by atoms with Gasteiger partial charge < -0.3 is 10.1 Å². The lowest BCUT2D eigenvalue weighted by Crippen LogP contribution is -2.48. The zero-order chi connectivity index (χ0) is 23.8. The number of imide groups is 1. The van der Waals surface area contributed by atoms with Gasteiger partial charge in [0.25, 0.3) is 5.91 Å². The number of fused-ring (bicyclic) bond motifs is 5. The Labute approximate surface area is 202 Å². The molecular formula is C26H25ClN2O5. The molecule has 2 saturated carbocycles. The average Bonchev–Trinajstić information content (AvgIpc) is 3.52. The number of rotatable bonds is 7. The summed E-state index contributed by atoms with van der Waals surface area (Å²) in [5, 5.41) is 2.96. The Morgan fingerprint density at radius 3 is 2.24 bits per heavy atom. The number of esters is 1. The third-order valence-corrected chi connectivity index (χ3v) is 7.64. The largest absolute Gasteiger partial charge is 0.454 e. The number of carbonyl (C=O) groups excluding carboxylic acids is 4. The van der Waals surface area contributed by atoms with Crippen molar-refractivity contribution in [3.63, 3.8) is 0 Å². The molecule has 1 heterocycles. The van der Waals surface area contributed by atoms with Crippen LogP contribution < -0.4 is 5.32 Å². The molecule has 0 unspecified atom stereocenters. The van der Waals surface area contributed by atoms with Gasteiger partial charge in [0.2, 0.25) is 11.8 Å². The molecule has 3 amide bonds. The summed E-state index contributed by atoms with van der Waals surface area (Å²) in [6.45, 7) is -0.552. The number of nitrogens with zero attached hydrogens (tertiary/aromatic N) is 1. The van der Waals surface area contributed by atoms with Crippen LogP contribution in [0.2, 0.25) is 5.02 Å². The highest BCUT2D eigenvalue weighted by Crippen LogP contribution is 2.56. The topological polar surface area (TPSA) is 92.8 Å². The van der Waals surface area contributed by atoms with Crippen LogP contribution in [0.1, 0.15) is 24.8 Å². The molecule has 176 valence electrons. The van der Waals surface area contributed by atoms with Crippen LogP contribution in [0.15, 0.2) is 54.6 Å². The Balaban J connectivity index is 1.32.